The lowest BCUT2D eigenvalue weighted by Gasteiger charge is -2.32. The SMILES string of the molecule is Cc1ccc(C)c(OC2CCN(Cc3cnc(N(C)C)nc3)CC2)c1. The molecule has 5 nitrogen and oxygen atoms in total. The molecule has 0 unspecified atom stereocenters. The Morgan fingerprint density at radius 1 is 1.12 bits per heavy atom. The van der Waals surface area contributed by atoms with E-state index in [4.69, 9.17) is 4.74 Å². The van der Waals surface area contributed by atoms with Crippen molar-refractivity contribution in [3.63, 3.8) is 0 Å². The van der Waals surface area contributed by atoms with Crippen molar-refractivity contribution in [2.24, 2.45) is 0 Å². The van der Waals surface area contributed by atoms with E-state index in [1.54, 1.807) is 0 Å². The Hall–Kier alpha value is -2.14. The lowest BCUT2D eigenvalue weighted by molar-refractivity contribution is 0.0961. The number of anilines is 1. The zero-order valence-corrected chi connectivity index (χ0v) is 15.7. The van der Waals surface area contributed by atoms with Crippen LogP contribution in [0.25, 0.3) is 0 Å². The topological polar surface area (TPSA) is 41.5 Å². The van der Waals surface area contributed by atoms with E-state index in [9.17, 15) is 0 Å². The quantitative estimate of drug-likeness (QED) is 0.836. The molecule has 0 saturated carbocycles. The predicted octanol–water partition coefficient (Wildman–Crippen LogP) is 3.20. The fourth-order valence-electron chi connectivity index (χ4n) is 3.12. The lowest BCUT2D eigenvalue weighted by atomic mass is 10.1. The summed E-state index contributed by atoms with van der Waals surface area (Å²) in [7, 11) is 3.91. The van der Waals surface area contributed by atoms with Crippen molar-refractivity contribution < 1.29 is 4.74 Å². The molecule has 1 aromatic heterocycles. The maximum absolute atomic E-state index is 6.25. The first-order chi connectivity index (χ1) is 12.0. The van der Waals surface area contributed by atoms with Crippen molar-refractivity contribution in [2.45, 2.75) is 39.3 Å². The molecule has 3 rings (SSSR count). The number of benzene rings is 1. The smallest absolute Gasteiger partial charge is 0.224 e. The second-order valence-electron chi connectivity index (χ2n) is 7.15. The maximum atomic E-state index is 6.25. The van der Waals surface area contributed by atoms with Gasteiger partial charge < -0.3 is 9.64 Å². The molecule has 25 heavy (non-hydrogen) atoms. The summed E-state index contributed by atoms with van der Waals surface area (Å²) in [5, 5.41) is 0. The van der Waals surface area contributed by atoms with Gasteiger partial charge in [0.25, 0.3) is 0 Å². The van der Waals surface area contributed by atoms with Crippen LogP contribution in [0.1, 0.15) is 29.5 Å². The molecule has 0 radical (unpaired) electrons. The molecule has 0 amide bonds. The Labute approximate surface area is 150 Å². The molecule has 134 valence electrons. The number of piperidine rings is 1. The van der Waals surface area contributed by atoms with Gasteiger partial charge in [0, 0.05) is 51.7 Å². The summed E-state index contributed by atoms with van der Waals surface area (Å²) in [5.74, 6) is 1.79. The van der Waals surface area contributed by atoms with Crippen molar-refractivity contribution in [3.8, 4) is 5.75 Å². The molecule has 0 atom stereocenters. The number of ether oxygens (including phenoxy) is 1. The van der Waals surface area contributed by atoms with Crippen LogP contribution in [0.2, 0.25) is 0 Å². The Kier molecular flexibility index (Phi) is 5.53. The van der Waals surface area contributed by atoms with Gasteiger partial charge in [-0.1, -0.05) is 12.1 Å². The number of nitrogens with zero attached hydrogens (tertiary/aromatic N) is 4. The minimum absolute atomic E-state index is 0.309. The van der Waals surface area contributed by atoms with Crippen LogP contribution < -0.4 is 9.64 Å². The summed E-state index contributed by atoms with van der Waals surface area (Å²) < 4.78 is 6.25. The van der Waals surface area contributed by atoms with Crippen LogP contribution in [0.5, 0.6) is 5.75 Å². The molecule has 0 N–H and O–H groups in total. The molecular formula is C20H28N4O. The number of rotatable bonds is 5. The van der Waals surface area contributed by atoms with Crippen LogP contribution in [-0.2, 0) is 6.54 Å². The largest absolute Gasteiger partial charge is 0.490 e. The molecule has 0 bridgehead atoms. The van der Waals surface area contributed by atoms with E-state index in [1.165, 1.54) is 16.7 Å². The summed E-state index contributed by atoms with van der Waals surface area (Å²) in [5.41, 5.74) is 3.63. The van der Waals surface area contributed by atoms with Crippen LogP contribution in [0.4, 0.5) is 5.95 Å². The highest BCUT2D eigenvalue weighted by Crippen LogP contribution is 2.24. The molecule has 1 aliphatic rings. The summed E-state index contributed by atoms with van der Waals surface area (Å²) >= 11 is 0. The Balaban J connectivity index is 1.51. The second-order valence-corrected chi connectivity index (χ2v) is 7.15. The standard InChI is InChI=1S/C20H28N4O/c1-15-5-6-16(2)19(11-15)25-18-7-9-24(10-8-18)14-17-12-21-20(22-13-17)23(3)4/h5-6,11-13,18H,7-10,14H2,1-4H3. The Bertz CT molecular complexity index is 691. The molecule has 1 aliphatic heterocycles. The van der Waals surface area contributed by atoms with E-state index in [0.717, 1.165) is 44.2 Å². The second kappa shape index (κ2) is 7.83. The van der Waals surface area contributed by atoms with Crippen molar-refractivity contribution in [2.75, 3.05) is 32.1 Å². The number of hydrogen-bond acceptors (Lipinski definition) is 5. The van der Waals surface area contributed by atoms with E-state index in [-0.39, 0.29) is 0 Å². The van der Waals surface area contributed by atoms with Crippen LogP contribution in [-0.4, -0.2) is 48.2 Å². The summed E-state index contributed by atoms with van der Waals surface area (Å²) in [6.45, 7) is 7.22. The van der Waals surface area contributed by atoms with Gasteiger partial charge in [-0.15, -0.1) is 0 Å². The number of hydrogen-bond donors (Lipinski definition) is 0. The van der Waals surface area contributed by atoms with Crippen molar-refractivity contribution >= 4 is 5.95 Å². The molecule has 0 aliphatic carbocycles. The summed E-state index contributed by atoms with van der Waals surface area (Å²) in [4.78, 5) is 13.2. The first kappa shape index (κ1) is 17.7. The highest BCUT2D eigenvalue weighted by atomic mass is 16.5. The fraction of sp³-hybridized carbons (Fsp3) is 0.500. The third-order valence-electron chi connectivity index (χ3n) is 4.67. The Morgan fingerprint density at radius 2 is 1.80 bits per heavy atom. The van der Waals surface area contributed by atoms with Crippen molar-refractivity contribution in [3.05, 3.63) is 47.3 Å². The fourth-order valence-corrected chi connectivity index (χ4v) is 3.12. The highest BCUT2D eigenvalue weighted by molar-refractivity contribution is 5.36. The molecule has 2 heterocycles. The average Bonchev–Trinajstić information content (AvgIpc) is 2.60. The van der Waals surface area contributed by atoms with Crippen LogP contribution in [0.3, 0.4) is 0 Å². The zero-order chi connectivity index (χ0) is 17.8. The molecule has 2 aromatic rings. The van der Waals surface area contributed by atoms with Crippen LogP contribution in [0, 0.1) is 13.8 Å². The number of likely N-dealkylation sites (tertiary alicyclic amines) is 1. The van der Waals surface area contributed by atoms with E-state index >= 15 is 0 Å². The number of aryl methyl sites for hydroxylation is 2. The van der Waals surface area contributed by atoms with Gasteiger partial charge in [-0.05, 0) is 43.9 Å². The minimum Gasteiger partial charge on any atom is -0.490 e. The lowest BCUT2D eigenvalue weighted by Crippen LogP contribution is -2.38. The monoisotopic (exact) mass is 340 g/mol. The maximum Gasteiger partial charge on any atom is 0.224 e. The minimum atomic E-state index is 0.309. The van der Waals surface area contributed by atoms with Gasteiger partial charge in [0.05, 0.1) is 0 Å². The highest BCUT2D eigenvalue weighted by Gasteiger charge is 2.21. The van der Waals surface area contributed by atoms with Crippen molar-refractivity contribution in [1.29, 1.82) is 0 Å². The molecule has 1 aromatic carbocycles. The molecular weight excluding hydrogens is 312 g/mol. The van der Waals surface area contributed by atoms with Gasteiger partial charge in [0.1, 0.15) is 11.9 Å². The molecule has 1 saturated heterocycles. The predicted molar refractivity (Wildman–Crippen MR) is 101 cm³/mol. The zero-order valence-electron chi connectivity index (χ0n) is 15.7. The molecule has 5 heteroatoms. The van der Waals surface area contributed by atoms with E-state index in [1.807, 2.05) is 31.4 Å². The molecule has 1 fully saturated rings. The summed E-state index contributed by atoms with van der Waals surface area (Å²) in [6.07, 6.45) is 6.29. The number of aromatic nitrogens is 2. The van der Waals surface area contributed by atoms with Gasteiger partial charge in [0.2, 0.25) is 5.95 Å². The van der Waals surface area contributed by atoms with Gasteiger partial charge in [-0.2, -0.15) is 0 Å². The average molecular weight is 340 g/mol. The van der Waals surface area contributed by atoms with Gasteiger partial charge in [-0.25, -0.2) is 9.97 Å². The van der Waals surface area contributed by atoms with Gasteiger partial charge in [-0.3, -0.25) is 4.90 Å². The van der Waals surface area contributed by atoms with Crippen molar-refractivity contribution in [1.82, 2.24) is 14.9 Å². The van der Waals surface area contributed by atoms with Gasteiger partial charge in [0.15, 0.2) is 0 Å². The molecule has 0 spiro atoms. The first-order valence-electron chi connectivity index (χ1n) is 8.96. The van der Waals surface area contributed by atoms with E-state index in [2.05, 4.69) is 46.9 Å². The van der Waals surface area contributed by atoms with Crippen LogP contribution in [0.15, 0.2) is 30.6 Å². The van der Waals surface area contributed by atoms with Crippen LogP contribution >= 0.6 is 0 Å². The third kappa shape index (κ3) is 4.69. The first-order valence-corrected chi connectivity index (χ1v) is 8.96. The van der Waals surface area contributed by atoms with E-state index < -0.39 is 0 Å². The third-order valence-corrected chi connectivity index (χ3v) is 4.67. The van der Waals surface area contributed by atoms with E-state index in [0.29, 0.717) is 6.10 Å². The summed E-state index contributed by atoms with van der Waals surface area (Å²) in [6, 6.07) is 6.41. The van der Waals surface area contributed by atoms with Gasteiger partial charge >= 0.3 is 0 Å². The Morgan fingerprint density at radius 3 is 2.44 bits per heavy atom. The normalized spacial score (nSPS) is 16.0.